The molecule has 0 amide bonds. The summed E-state index contributed by atoms with van der Waals surface area (Å²) in [5, 5.41) is 0.845. The number of nitrogens with one attached hydrogen (secondary N) is 1. The monoisotopic (exact) mass is 228 g/mol. The molecule has 0 atom stereocenters. The van der Waals surface area contributed by atoms with Gasteiger partial charge in [-0.3, -0.25) is 4.79 Å². The van der Waals surface area contributed by atoms with Crippen molar-refractivity contribution in [3.63, 3.8) is 0 Å². The largest absolute Gasteiger partial charge is 0.462 e. The molecule has 0 aliphatic rings. The molecular formula is C12H8N2O3. The van der Waals surface area contributed by atoms with Crippen LogP contribution in [0.1, 0.15) is 0 Å². The number of nitrogens with zero attached hydrogens (tertiary/aromatic N) is 1. The van der Waals surface area contributed by atoms with Gasteiger partial charge in [-0.2, -0.15) is 0 Å². The molecule has 0 saturated heterocycles. The quantitative estimate of drug-likeness (QED) is 0.682. The van der Waals surface area contributed by atoms with Crippen molar-refractivity contribution in [1.29, 1.82) is 0 Å². The zero-order valence-corrected chi connectivity index (χ0v) is 8.71. The van der Waals surface area contributed by atoms with Gasteiger partial charge in [-0.1, -0.05) is 12.1 Å². The van der Waals surface area contributed by atoms with Crippen LogP contribution in [0.5, 0.6) is 0 Å². The van der Waals surface area contributed by atoms with Gasteiger partial charge in [0.1, 0.15) is 0 Å². The minimum atomic E-state index is -0.485. The Morgan fingerprint density at radius 2 is 2.00 bits per heavy atom. The van der Waals surface area contributed by atoms with Crippen LogP contribution in [0.2, 0.25) is 0 Å². The fourth-order valence-corrected chi connectivity index (χ4v) is 1.80. The highest BCUT2D eigenvalue weighted by atomic mass is 16.3. The lowest BCUT2D eigenvalue weighted by Gasteiger charge is -2.03. The standard InChI is InChI=1S/C12H8N2O3/c15-10-4-6-13-12(16)14(10)9-3-1-2-8-5-7-17-11(8)9/h1-7H,(H,13,16). The molecule has 0 bridgehead atoms. The van der Waals surface area contributed by atoms with Crippen molar-refractivity contribution in [1.82, 2.24) is 9.55 Å². The van der Waals surface area contributed by atoms with Gasteiger partial charge in [0.15, 0.2) is 5.58 Å². The third-order valence-electron chi connectivity index (χ3n) is 2.56. The summed E-state index contributed by atoms with van der Waals surface area (Å²) in [4.78, 5) is 25.8. The molecule has 5 nitrogen and oxygen atoms in total. The van der Waals surface area contributed by atoms with Gasteiger partial charge in [-0.15, -0.1) is 0 Å². The average Bonchev–Trinajstić information content (AvgIpc) is 2.77. The fraction of sp³-hybridized carbons (Fsp3) is 0. The van der Waals surface area contributed by atoms with E-state index in [0.717, 1.165) is 9.95 Å². The molecule has 17 heavy (non-hydrogen) atoms. The summed E-state index contributed by atoms with van der Waals surface area (Å²) in [6.07, 6.45) is 2.85. The smallest absolute Gasteiger partial charge is 0.333 e. The molecule has 0 fully saturated rings. The number of hydrogen-bond acceptors (Lipinski definition) is 3. The Morgan fingerprint density at radius 3 is 2.82 bits per heavy atom. The maximum absolute atomic E-state index is 11.7. The maximum atomic E-state index is 11.7. The summed E-state index contributed by atoms with van der Waals surface area (Å²) in [7, 11) is 0. The van der Waals surface area contributed by atoms with Crippen LogP contribution >= 0.6 is 0 Å². The molecule has 1 N–H and O–H groups in total. The number of para-hydroxylation sites is 1. The first kappa shape index (κ1) is 9.65. The Balaban J connectivity index is 2.47. The van der Waals surface area contributed by atoms with Crippen LogP contribution in [-0.2, 0) is 0 Å². The summed E-state index contributed by atoms with van der Waals surface area (Å²) < 4.78 is 6.35. The zero-order chi connectivity index (χ0) is 11.8. The molecule has 0 spiro atoms. The molecular weight excluding hydrogens is 220 g/mol. The molecule has 0 aliphatic carbocycles. The first-order valence-electron chi connectivity index (χ1n) is 5.05. The summed E-state index contributed by atoms with van der Waals surface area (Å²) in [6, 6.07) is 8.36. The van der Waals surface area contributed by atoms with Gasteiger partial charge < -0.3 is 9.40 Å². The number of furan rings is 1. The van der Waals surface area contributed by atoms with Gasteiger partial charge in [-0.25, -0.2) is 9.36 Å². The van der Waals surface area contributed by atoms with Crippen LogP contribution in [0.4, 0.5) is 0 Å². The minimum Gasteiger partial charge on any atom is -0.462 e. The fourth-order valence-electron chi connectivity index (χ4n) is 1.80. The summed E-state index contributed by atoms with van der Waals surface area (Å²) >= 11 is 0. The van der Waals surface area contributed by atoms with E-state index in [-0.39, 0.29) is 0 Å². The highest BCUT2D eigenvalue weighted by Gasteiger charge is 2.09. The Bertz CT molecular complexity index is 767. The van der Waals surface area contributed by atoms with Crippen molar-refractivity contribution in [2.24, 2.45) is 0 Å². The van der Waals surface area contributed by atoms with Gasteiger partial charge in [-0.05, 0) is 12.1 Å². The highest BCUT2D eigenvalue weighted by molar-refractivity contribution is 5.84. The molecule has 5 heteroatoms. The van der Waals surface area contributed by atoms with Crippen LogP contribution in [0.3, 0.4) is 0 Å². The molecule has 3 aromatic rings. The van der Waals surface area contributed by atoms with E-state index < -0.39 is 11.2 Å². The van der Waals surface area contributed by atoms with Gasteiger partial charge in [0.2, 0.25) is 0 Å². The van der Waals surface area contributed by atoms with Crippen LogP contribution < -0.4 is 11.2 Å². The van der Waals surface area contributed by atoms with Crippen LogP contribution in [0, 0.1) is 0 Å². The Morgan fingerprint density at radius 1 is 1.12 bits per heavy atom. The second-order valence-corrected chi connectivity index (χ2v) is 3.57. The van der Waals surface area contributed by atoms with Crippen LogP contribution in [0.15, 0.2) is 56.8 Å². The average molecular weight is 228 g/mol. The normalized spacial score (nSPS) is 10.8. The molecule has 0 unspecified atom stereocenters. The molecule has 2 heterocycles. The number of rotatable bonds is 1. The van der Waals surface area contributed by atoms with Crippen LogP contribution in [0.25, 0.3) is 16.7 Å². The molecule has 2 aromatic heterocycles. The van der Waals surface area contributed by atoms with Crippen molar-refractivity contribution < 1.29 is 4.42 Å². The van der Waals surface area contributed by atoms with E-state index in [9.17, 15) is 9.59 Å². The first-order valence-corrected chi connectivity index (χ1v) is 5.05. The summed E-state index contributed by atoms with van der Waals surface area (Å²) in [6.45, 7) is 0. The summed E-state index contributed by atoms with van der Waals surface area (Å²) in [5.74, 6) is 0. The summed E-state index contributed by atoms with van der Waals surface area (Å²) in [5.41, 5.74) is 0.0877. The lowest BCUT2D eigenvalue weighted by Crippen LogP contribution is -2.32. The number of fused-ring (bicyclic) bond motifs is 1. The lowest BCUT2D eigenvalue weighted by atomic mass is 10.2. The second kappa shape index (κ2) is 3.48. The molecule has 84 valence electrons. The number of H-pyrrole nitrogens is 1. The van der Waals surface area contributed by atoms with E-state index in [1.807, 2.05) is 6.07 Å². The third-order valence-corrected chi connectivity index (χ3v) is 2.56. The predicted octanol–water partition coefficient (Wildman–Crippen LogP) is 1.27. The lowest BCUT2D eigenvalue weighted by molar-refractivity contribution is 0.611. The van der Waals surface area contributed by atoms with E-state index in [1.165, 1.54) is 18.5 Å². The minimum absolute atomic E-state index is 0.391. The topological polar surface area (TPSA) is 68.0 Å². The molecule has 0 radical (unpaired) electrons. The first-order chi connectivity index (χ1) is 8.27. The Labute approximate surface area is 94.9 Å². The van der Waals surface area contributed by atoms with E-state index in [2.05, 4.69) is 4.98 Å². The molecule has 3 rings (SSSR count). The molecule has 1 aromatic carbocycles. The molecule has 0 saturated carbocycles. The van der Waals surface area contributed by atoms with E-state index in [1.54, 1.807) is 18.2 Å². The van der Waals surface area contributed by atoms with E-state index in [0.29, 0.717) is 11.3 Å². The van der Waals surface area contributed by atoms with Crippen molar-refractivity contribution in [3.8, 4) is 5.69 Å². The highest BCUT2D eigenvalue weighted by Crippen LogP contribution is 2.21. The van der Waals surface area contributed by atoms with Crippen molar-refractivity contribution in [2.75, 3.05) is 0 Å². The van der Waals surface area contributed by atoms with Gasteiger partial charge in [0.25, 0.3) is 5.56 Å². The van der Waals surface area contributed by atoms with Crippen molar-refractivity contribution >= 4 is 11.0 Å². The van der Waals surface area contributed by atoms with Gasteiger partial charge in [0, 0.05) is 17.6 Å². The van der Waals surface area contributed by atoms with Gasteiger partial charge >= 0.3 is 5.69 Å². The number of aromatic amines is 1. The van der Waals surface area contributed by atoms with Crippen molar-refractivity contribution in [3.05, 3.63) is 63.6 Å². The SMILES string of the molecule is O=c1cc[nH]c(=O)n1-c1cccc2ccoc12. The van der Waals surface area contributed by atoms with Crippen LogP contribution in [-0.4, -0.2) is 9.55 Å². The number of benzene rings is 1. The van der Waals surface area contributed by atoms with E-state index >= 15 is 0 Å². The van der Waals surface area contributed by atoms with Crippen molar-refractivity contribution in [2.45, 2.75) is 0 Å². The zero-order valence-electron chi connectivity index (χ0n) is 8.71. The third kappa shape index (κ3) is 1.40. The Hall–Kier alpha value is -2.56. The number of hydrogen-bond donors (Lipinski definition) is 1. The second-order valence-electron chi connectivity index (χ2n) is 3.57. The maximum Gasteiger partial charge on any atom is 0.333 e. The Kier molecular flexibility index (Phi) is 1.98. The molecule has 0 aliphatic heterocycles. The number of aromatic nitrogens is 2. The predicted molar refractivity (Wildman–Crippen MR) is 62.4 cm³/mol. The van der Waals surface area contributed by atoms with Gasteiger partial charge in [0.05, 0.1) is 12.0 Å². The van der Waals surface area contributed by atoms with E-state index in [4.69, 9.17) is 4.42 Å².